The highest BCUT2D eigenvalue weighted by Crippen LogP contribution is 2.62. The van der Waals surface area contributed by atoms with Gasteiger partial charge in [0.2, 0.25) is 0 Å². The van der Waals surface area contributed by atoms with Gasteiger partial charge in [0.1, 0.15) is 11.9 Å². The molecule has 0 bridgehead atoms. The number of likely N-dealkylation sites (N-methyl/N-ethyl adjacent to an activating group) is 1. The summed E-state index contributed by atoms with van der Waals surface area (Å²) < 4.78 is 12.9. The Hall–Kier alpha value is -1.53. The highest BCUT2D eigenvalue weighted by Gasteiger charge is 2.61. The fraction of sp³-hybridized carbons (Fsp3) is 0.679. The zero-order valence-electron chi connectivity index (χ0n) is 20.2. The molecular weight excluding hydrogens is 414 g/mol. The number of rotatable bonds is 2. The van der Waals surface area contributed by atoms with Crippen molar-refractivity contribution >= 4 is 5.78 Å². The molecule has 5 nitrogen and oxygen atoms in total. The van der Waals surface area contributed by atoms with E-state index in [9.17, 15) is 9.90 Å². The second-order valence-electron chi connectivity index (χ2n) is 11.7. The van der Waals surface area contributed by atoms with Crippen LogP contribution in [0.25, 0.3) is 0 Å². The number of nitrogens with zero attached hydrogens (tertiary/aromatic N) is 1. The quantitative estimate of drug-likeness (QED) is 0.675. The molecule has 1 aromatic carbocycles. The van der Waals surface area contributed by atoms with Crippen LogP contribution in [0.2, 0.25) is 0 Å². The van der Waals surface area contributed by atoms with Crippen molar-refractivity contribution in [3.05, 3.63) is 47.0 Å². The Bertz CT molecular complexity index is 989. The lowest BCUT2D eigenvalue weighted by atomic mass is 9.53. The molecule has 5 heteroatoms. The molecule has 5 aliphatic rings. The van der Waals surface area contributed by atoms with Crippen molar-refractivity contribution < 1.29 is 19.4 Å². The monoisotopic (exact) mass is 451 g/mol. The lowest BCUT2D eigenvalue weighted by Crippen LogP contribution is -2.56. The minimum Gasteiger partial charge on any atom is -0.385 e. The SMILES string of the molecule is CN(C)[C@@H]1C[C@]2(C)C(=O)CCC2C2CC[C@@]3(O)CC4(CCC3=C21)OCC(c1ccccc1)O4. The smallest absolute Gasteiger partial charge is 0.172 e. The van der Waals surface area contributed by atoms with Crippen molar-refractivity contribution in [3.8, 4) is 0 Å². The molecule has 1 spiro atoms. The van der Waals surface area contributed by atoms with Crippen LogP contribution in [0.1, 0.15) is 70.0 Å². The van der Waals surface area contributed by atoms with E-state index in [0.717, 1.165) is 50.5 Å². The lowest BCUT2D eigenvalue weighted by molar-refractivity contribution is -0.217. The van der Waals surface area contributed by atoms with Gasteiger partial charge < -0.3 is 19.5 Å². The minimum absolute atomic E-state index is 0.0743. The molecule has 7 atom stereocenters. The van der Waals surface area contributed by atoms with E-state index in [2.05, 4.69) is 38.1 Å². The summed E-state index contributed by atoms with van der Waals surface area (Å²) in [6.07, 6.45) is 6.32. The summed E-state index contributed by atoms with van der Waals surface area (Å²) in [5.41, 5.74) is 2.73. The van der Waals surface area contributed by atoms with Gasteiger partial charge in [0.05, 0.1) is 12.2 Å². The first-order valence-corrected chi connectivity index (χ1v) is 12.8. The predicted molar refractivity (Wildman–Crippen MR) is 125 cm³/mol. The van der Waals surface area contributed by atoms with E-state index in [4.69, 9.17) is 9.47 Å². The summed E-state index contributed by atoms with van der Waals surface area (Å²) in [4.78, 5) is 15.2. The Kier molecular flexibility index (Phi) is 4.98. The highest BCUT2D eigenvalue weighted by molar-refractivity contribution is 5.87. The maximum Gasteiger partial charge on any atom is 0.172 e. The molecule has 4 unspecified atom stereocenters. The van der Waals surface area contributed by atoms with Gasteiger partial charge in [0.25, 0.3) is 0 Å². The van der Waals surface area contributed by atoms with Crippen LogP contribution in [0, 0.1) is 17.3 Å². The third-order valence-corrected chi connectivity index (χ3v) is 9.75. The van der Waals surface area contributed by atoms with Crippen molar-refractivity contribution in [3.63, 3.8) is 0 Å². The van der Waals surface area contributed by atoms with Crippen LogP contribution in [0.15, 0.2) is 41.5 Å². The summed E-state index contributed by atoms with van der Waals surface area (Å²) >= 11 is 0. The summed E-state index contributed by atoms with van der Waals surface area (Å²) in [5.74, 6) is 0.582. The zero-order chi connectivity index (χ0) is 23.0. The molecule has 1 N–H and O–H groups in total. The van der Waals surface area contributed by atoms with Crippen molar-refractivity contribution in [1.29, 1.82) is 0 Å². The predicted octanol–water partition coefficient (Wildman–Crippen LogP) is 4.41. The van der Waals surface area contributed by atoms with Gasteiger partial charge in [-0.2, -0.15) is 0 Å². The van der Waals surface area contributed by atoms with Crippen LogP contribution in [0.3, 0.4) is 0 Å². The molecule has 4 aliphatic carbocycles. The maximum atomic E-state index is 12.9. The number of hydrogen-bond acceptors (Lipinski definition) is 5. The second kappa shape index (κ2) is 7.48. The fourth-order valence-corrected chi connectivity index (χ4v) is 8.07. The van der Waals surface area contributed by atoms with E-state index in [1.807, 2.05) is 18.2 Å². The van der Waals surface area contributed by atoms with E-state index in [1.165, 1.54) is 11.1 Å². The van der Waals surface area contributed by atoms with Crippen LogP contribution in [0.4, 0.5) is 0 Å². The van der Waals surface area contributed by atoms with Gasteiger partial charge in [-0.1, -0.05) is 37.3 Å². The Morgan fingerprint density at radius 1 is 1.09 bits per heavy atom. The molecule has 3 saturated carbocycles. The van der Waals surface area contributed by atoms with Gasteiger partial charge in [-0.15, -0.1) is 0 Å². The van der Waals surface area contributed by atoms with Gasteiger partial charge in [-0.25, -0.2) is 0 Å². The molecule has 6 rings (SSSR count). The summed E-state index contributed by atoms with van der Waals surface area (Å²) in [6.45, 7) is 2.75. The molecule has 33 heavy (non-hydrogen) atoms. The van der Waals surface area contributed by atoms with Gasteiger partial charge in [0.15, 0.2) is 5.79 Å². The number of hydrogen-bond donors (Lipinski definition) is 1. The molecule has 4 fully saturated rings. The molecule has 0 aromatic heterocycles. The van der Waals surface area contributed by atoms with Gasteiger partial charge >= 0.3 is 0 Å². The Labute approximate surface area is 197 Å². The lowest BCUT2D eigenvalue weighted by Gasteiger charge is -2.56. The van der Waals surface area contributed by atoms with E-state index < -0.39 is 11.4 Å². The number of aliphatic hydroxyl groups is 1. The van der Waals surface area contributed by atoms with Crippen molar-refractivity contribution in [2.45, 2.75) is 81.8 Å². The highest BCUT2D eigenvalue weighted by atomic mass is 16.7. The van der Waals surface area contributed by atoms with Crippen LogP contribution < -0.4 is 0 Å². The first kappa shape index (κ1) is 22.0. The van der Waals surface area contributed by atoms with Gasteiger partial charge in [0, 0.05) is 30.7 Å². The van der Waals surface area contributed by atoms with Crippen molar-refractivity contribution in [1.82, 2.24) is 4.90 Å². The number of ketones is 1. The van der Waals surface area contributed by atoms with Gasteiger partial charge in [-0.05, 0) is 74.7 Å². The largest absolute Gasteiger partial charge is 0.385 e. The van der Waals surface area contributed by atoms with Crippen molar-refractivity contribution in [2.24, 2.45) is 17.3 Å². The summed E-state index contributed by atoms with van der Waals surface area (Å²) in [6, 6.07) is 10.5. The van der Waals surface area contributed by atoms with Crippen molar-refractivity contribution in [2.75, 3.05) is 20.7 Å². The molecule has 0 amide bonds. The standard InChI is InChI=1S/C28H37NO4/c1-26-15-22(29(2)3)25-19(20(26)9-10-24(26)30)11-13-27(31)17-28(14-12-21(25)27)32-16-23(33-28)18-7-5-4-6-8-18/h4-8,19-20,22-23,31H,9-17H2,1-3H3/t19?,20?,22-,23?,26+,27-,28?/m1/s1. The number of benzene rings is 1. The molecule has 1 saturated heterocycles. The fourth-order valence-electron chi connectivity index (χ4n) is 8.07. The van der Waals surface area contributed by atoms with E-state index in [1.54, 1.807) is 0 Å². The molecule has 1 heterocycles. The molecule has 0 radical (unpaired) electrons. The third-order valence-electron chi connectivity index (χ3n) is 9.75. The summed E-state index contributed by atoms with van der Waals surface area (Å²) in [7, 11) is 4.26. The average molecular weight is 452 g/mol. The van der Waals surface area contributed by atoms with Gasteiger partial charge in [-0.3, -0.25) is 4.79 Å². The Morgan fingerprint density at radius 2 is 1.88 bits per heavy atom. The maximum absolute atomic E-state index is 12.9. The zero-order valence-corrected chi connectivity index (χ0v) is 20.2. The number of fused-ring (bicyclic) bond motifs is 4. The Morgan fingerprint density at radius 3 is 2.64 bits per heavy atom. The van der Waals surface area contributed by atoms with Crippen LogP contribution in [0.5, 0.6) is 0 Å². The first-order valence-electron chi connectivity index (χ1n) is 12.8. The minimum atomic E-state index is -0.875. The van der Waals surface area contributed by atoms with Crippen LogP contribution >= 0.6 is 0 Å². The molecule has 178 valence electrons. The average Bonchev–Trinajstić information content (AvgIpc) is 3.33. The van der Waals surface area contributed by atoms with E-state index >= 15 is 0 Å². The number of carbonyl (C=O) groups excluding carboxylic acids is 1. The molecule has 1 aromatic rings. The molecular formula is C28H37NO4. The normalized spacial score (nSPS) is 44.8. The van der Waals surface area contributed by atoms with E-state index in [-0.39, 0.29) is 17.6 Å². The van der Waals surface area contributed by atoms with Crippen LogP contribution in [-0.2, 0) is 14.3 Å². The first-order chi connectivity index (χ1) is 15.7. The topological polar surface area (TPSA) is 59.0 Å². The number of Topliss-reactive ketones (excluding diaryl/α,β-unsaturated/α-hetero) is 1. The number of ether oxygens (including phenoxy) is 2. The van der Waals surface area contributed by atoms with Crippen LogP contribution in [-0.4, -0.2) is 53.9 Å². The summed E-state index contributed by atoms with van der Waals surface area (Å²) in [5, 5.41) is 12.1. The van der Waals surface area contributed by atoms with E-state index in [0.29, 0.717) is 30.6 Å². The molecule has 1 aliphatic heterocycles. The third kappa shape index (κ3) is 3.23. The Balaban J connectivity index is 1.33. The second-order valence-corrected chi connectivity index (χ2v) is 11.7. The number of carbonyl (C=O) groups is 1.